The van der Waals surface area contributed by atoms with Crippen molar-refractivity contribution >= 4 is 40.6 Å². The number of thioether (sulfide) groups is 1. The first-order valence-corrected chi connectivity index (χ1v) is 10.7. The van der Waals surface area contributed by atoms with E-state index in [0.717, 1.165) is 11.3 Å². The topological polar surface area (TPSA) is 102 Å². The predicted molar refractivity (Wildman–Crippen MR) is 125 cm³/mol. The first kappa shape index (κ1) is 22.2. The fourth-order valence-electron chi connectivity index (χ4n) is 3.03. The molecule has 3 aromatic rings. The highest BCUT2D eigenvalue weighted by Crippen LogP contribution is 2.35. The number of furan rings is 1. The van der Waals surface area contributed by atoms with Crippen LogP contribution in [0.4, 0.5) is 5.69 Å². The van der Waals surface area contributed by atoms with E-state index in [0.29, 0.717) is 27.3 Å². The van der Waals surface area contributed by atoms with Gasteiger partial charge in [-0.05, 0) is 59.8 Å². The number of para-hydroxylation sites is 1. The van der Waals surface area contributed by atoms with E-state index in [4.69, 9.17) is 19.0 Å². The molecule has 1 amide bonds. The normalized spacial score (nSPS) is 15.9. The molecule has 2 heterocycles. The molecule has 1 N–H and O–H groups in total. The molecule has 0 atom stereocenters. The van der Waals surface area contributed by atoms with E-state index in [1.807, 2.05) is 30.3 Å². The van der Waals surface area contributed by atoms with Crippen LogP contribution in [0.15, 0.2) is 75.0 Å². The molecule has 2 aromatic carbocycles. The van der Waals surface area contributed by atoms with E-state index in [1.54, 1.807) is 37.4 Å². The average Bonchev–Trinajstić information content (AvgIpc) is 3.40. The van der Waals surface area contributed by atoms with Crippen LogP contribution >= 0.6 is 11.8 Å². The summed E-state index contributed by atoms with van der Waals surface area (Å²) in [6, 6.07) is 17.6. The maximum absolute atomic E-state index is 12.7. The van der Waals surface area contributed by atoms with E-state index >= 15 is 0 Å². The highest BCUT2D eigenvalue weighted by atomic mass is 32.2. The molecule has 1 aliphatic rings. The molecule has 168 valence electrons. The number of hydrogen-bond acceptors (Lipinski definition) is 7. The van der Waals surface area contributed by atoms with Crippen molar-refractivity contribution in [2.45, 2.75) is 6.61 Å². The summed E-state index contributed by atoms with van der Waals surface area (Å²) in [6.07, 6.45) is 1.77. The van der Waals surface area contributed by atoms with Gasteiger partial charge in [-0.2, -0.15) is 0 Å². The molecule has 1 aromatic heterocycles. The highest BCUT2D eigenvalue weighted by Gasteiger charge is 2.30. The molecule has 0 radical (unpaired) electrons. The van der Waals surface area contributed by atoms with Gasteiger partial charge in [0.05, 0.1) is 17.7 Å². The fraction of sp³-hybridized carbons (Fsp3) is 0.125. The Morgan fingerprint density at radius 2 is 1.94 bits per heavy atom. The molecule has 0 aliphatic carbocycles. The van der Waals surface area contributed by atoms with Gasteiger partial charge in [0.25, 0.3) is 5.91 Å². The molecule has 9 heteroatoms. The monoisotopic (exact) mass is 464 g/mol. The third-order valence-corrected chi connectivity index (χ3v) is 5.77. The smallest absolute Gasteiger partial charge is 0.371 e. The Morgan fingerprint density at radius 3 is 2.64 bits per heavy atom. The molecule has 0 unspecified atom stereocenters. The molecule has 0 bridgehead atoms. The minimum Gasteiger partial charge on any atom is -0.493 e. The number of carbonyl (C=O) groups excluding carboxylic acids is 1. The van der Waals surface area contributed by atoms with E-state index in [1.165, 1.54) is 29.8 Å². The van der Waals surface area contributed by atoms with Gasteiger partial charge < -0.3 is 19.0 Å². The van der Waals surface area contributed by atoms with Gasteiger partial charge in [-0.25, -0.2) is 9.79 Å². The number of ether oxygens (including phenoxy) is 2. The quantitative estimate of drug-likeness (QED) is 0.501. The summed E-state index contributed by atoms with van der Waals surface area (Å²) in [5.74, 6) is -0.124. The number of benzene rings is 2. The third-order valence-electron chi connectivity index (χ3n) is 4.71. The molecule has 1 fully saturated rings. The molecule has 1 aliphatic heterocycles. The lowest BCUT2D eigenvalue weighted by Gasteiger charge is -2.10. The van der Waals surface area contributed by atoms with Crippen molar-refractivity contribution < 1.29 is 28.6 Å². The molecule has 0 saturated carbocycles. The average molecular weight is 464 g/mol. The summed E-state index contributed by atoms with van der Waals surface area (Å²) in [5, 5.41) is 9.54. The number of aromatic carboxylic acids is 1. The minimum atomic E-state index is -1.14. The number of likely N-dealkylation sites (N-methyl/N-ethyl adjacent to an activating group) is 1. The minimum absolute atomic E-state index is 0.0442. The number of amides is 1. The van der Waals surface area contributed by atoms with E-state index in [-0.39, 0.29) is 18.3 Å². The zero-order chi connectivity index (χ0) is 23.4. The van der Waals surface area contributed by atoms with Crippen molar-refractivity contribution in [3.8, 4) is 11.5 Å². The van der Waals surface area contributed by atoms with Gasteiger partial charge >= 0.3 is 5.97 Å². The van der Waals surface area contributed by atoms with Gasteiger partial charge in [-0.1, -0.05) is 24.3 Å². The van der Waals surface area contributed by atoms with Gasteiger partial charge in [-0.15, -0.1) is 0 Å². The predicted octanol–water partition coefficient (Wildman–Crippen LogP) is 4.80. The zero-order valence-corrected chi connectivity index (χ0v) is 18.7. The van der Waals surface area contributed by atoms with Gasteiger partial charge in [-0.3, -0.25) is 9.69 Å². The summed E-state index contributed by atoms with van der Waals surface area (Å²) in [6.45, 7) is 0.0442. The zero-order valence-electron chi connectivity index (χ0n) is 17.8. The van der Waals surface area contributed by atoms with Gasteiger partial charge in [0.2, 0.25) is 5.76 Å². The standard InChI is InChI=1S/C24H20N2O6S/c1-26-22(27)21(33-24(26)25-16-6-4-3-5-7-16)13-15-8-10-18(20(12-15)30-2)31-14-17-9-11-19(32-17)23(28)29/h3-13H,14H2,1-2H3,(H,28,29)/b21-13-,25-24?. The molecule has 1 saturated heterocycles. The molecule has 4 rings (SSSR count). The summed E-state index contributed by atoms with van der Waals surface area (Å²) in [7, 11) is 3.21. The summed E-state index contributed by atoms with van der Waals surface area (Å²) in [5.41, 5.74) is 1.53. The maximum Gasteiger partial charge on any atom is 0.371 e. The maximum atomic E-state index is 12.7. The van der Waals surface area contributed by atoms with E-state index in [2.05, 4.69) is 4.99 Å². The number of nitrogens with zero attached hydrogens (tertiary/aromatic N) is 2. The third kappa shape index (κ3) is 5.09. The van der Waals surface area contributed by atoms with Crippen molar-refractivity contribution in [2.24, 2.45) is 4.99 Å². The largest absolute Gasteiger partial charge is 0.493 e. The number of aliphatic imine (C=N–C) groups is 1. The Bertz CT molecular complexity index is 1250. The van der Waals surface area contributed by atoms with Crippen LogP contribution in [0.5, 0.6) is 11.5 Å². The molecular weight excluding hydrogens is 444 g/mol. The Kier molecular flexibility index (Phi) is 6.50. The van der Waals surface area contributed by atoms with Gasteiger partial charge in [0.1, 0.15) is 12.4 Å². The van der Waals surface area contributed by atoms with Crippen molar-refractivity contribution in [2.75, 3.05) is 14.2 Å². The van der Waals surface area contributed by atoms with E-state index < -0.39 is 5.97 Å². The molecular formula is C24H20N2O6S. The lowest BCUT2D eigenvalue weighted by molar-refractivity contribution is -0.121. The number of carboxylic acids is 1. The summed E-state index contributed by atoms with van der Waals surface area (Å²) < 4.78 is 16.3. The number of carboxylic acid groups (broad SMARTS) is 1. The fourth-order valence-corrected chi connectivity index (χ4v) is 4.02. The number of methoxy groups -OCH3 is 1. The molecule has 8 nitrogen and oxygen atoms in total. The number of carbonyl (C=O) groups is 2. The summed E-state index contributed by atoms with van der Waals surface area (Å²) >= 11 is 1.30. The Morgan fingerprint density at radius 1 is 1.15 bits per heavy atom. The van der Waals surface area contributed by atoms with Crippen molar-refractivity contribution in [1.29, 1.82) is 0 Å². The summed E-state index contributed by atoms with van der Waals surface area (Å²) in [4.78, 5) is 30.2. The van der Waals surface area contributed by atoms with Crippen LogP contribution in [0.3, 0.4) is 0 Å². The van der Waals surface area contributed by atoms with Crippen LogP contribution in [-0.2, 0) is 11.4 Å². The first-order chi connectivity index (χ1) is 15.9. The van der Waals surface area contributed by atoms with Crippen LogP contribution in [0.1, 0.15) is 21.9 Å². The van der Waals surface area contributed by atoms with Crippen molar-refractivity contribution in [1.82, 2.24) is 4.90 Å². The second-order valence-electron chi connectivity index (χ2n) is 6.97. The molecule has 0 spiro atoms. The lowest BCUT2D eigenvalue weighted by Crippen LogP contribution is -2.23. The Balaban J connectivity index is 1.50. The second kappa shape index (κ2) is 9.66. The number of amidine groups is 1. The Hall–Kier alpha value is -3.98. The van der Waals surface area contributed by atoms with Gasteiger partial charge in [0, 0.05) is 7.05 Å². The second-order valence-corrected chi connectivity index (χ2v) is 7.98. The van der Waals surface area contributed by atoms with Gasteiger partial charge in [0.15, 0.2) is 16.7 Å². The van der Waals surface area contributed by atoms with Crippen molar-refractivity contribution in [3.63, 3.8) is 0 Å². The number of hydrogen-bond donors (Lipinski definition) is 1. The lowest BCUT2D eigenvalue weighted by atomic mass is 10.2. The highest BCUT2D eigenvalue weighted by molar-refractivity contribution is 8.18. The van der Waals surface area contributed by atoms with Crippen molar-refractivity contribution in [3.05, 3.63) is 82.7 Å². The van der Waals surface area contributed by atoms with E-state index in [9.17, 15) is 9.59 Å². The SMILES string of the molecule is COc1cc(/C=C2\SC(=Nc3ccccc3)N(C)C2=O)ccc1OCc1ccc(C(=O)O)o1. The van der Waals surface area contributed by atoms with Crippen LogP contribution in [0.2, 0.25) is 0 Å². The molecule has 33 heavy (non-hydrogen) atoms. The number of rotatable bonds is 7. The van der Waals surface area contributed by atoms with Crippen LogP contribution in [0.25, 0.3) is 6.08 Å². The van der Waals surface area contributed by atoms with Crippen LogP contribution in [0, 0.1) is 0 Å². The van der Waals surface area contributed by atoms with Crippen LogP contribution in [-0.4, -0.2) is 41.2 Å². The first-order valence-electron chi connectivity index (χ1n) is 9.89. The Labute approximate surface area is 194 Å². The van der Waals surface area contributed by atoms with Crippen LogP contribution < -0.4 is 9.47 Å².